The Morgan fingerprint density at radius 3 is 2.41 bits per heavy atom. The van der Waals surface area contributed by atoms with Crippen LogP contribution in [0.15, 0.2) is 53.9 Å². The van der Waals surface area contributed by atoms with Crippen molar-refractivity contribution in [3.05, 3.63) is 54.4 Å². The Bertz CT molecular complexity index is 938. The van der Waals surface area contributed by atoms with Crippen LogP contribution < -0.4 is 5.32 Å². The number of aromatic nitrogens is 4. The second-order valence-corrected chi connectivity index (χ2v) is 6.70. The van der Waals surface area contributed by atoms with Crippen molar-refractivity contribution in [1.82, 2.24) is 19.7 Å². The van der Waals surface area contributed by atoms with Gasteiger partial charge in [0.25, 0.3) is 0 Å². The number of carbonyl (C=O) groups excluding carboxylic acids is 2. The maximum atomic E-state index is 12.5. The molecule has 1 amide bonds. The summed E-state index contributed by atoms with van der Waals surface area (Å²) in [5.41, 5.74) is 2.19. The molecular formula is C19H19N5O2S. The number of carbonyl (C=O) groups is 2. The van der Waals surface area contributed by atoms with Crippen molar-refractivity contribution in [3.63, 3.8) is 0 Å². The van der Waals surface area contributed by atoms with Crippen LogP contribution >= 0.6 is 11.8 Å². The van der Waals surface area contributed by atoms with Crippen molar-refractivity contribution in [2.75, 3.05) is 11.1 Å². The average Bonchev–Trinajstić information content (AvgIpc) is 3.10. The summed E-state index contributed by atoms with van der Waals surface area (Å²) in [6.07, 6.45) is 3.43. The van der Waals surface area contributed by atoms with Gasteiger partial charge < -0.3 is 9.88 Å². The lowest BCUT2D eigenvalue weighted by molar-refractivity contribution is -0.114. The van der Waals surface area contributed by atoms with Gasteiger partial charge in [0.15, 0.2) is 16.8 Å². The molecule has 0 saturated carbocycles. The van der Waals surface area contributed by atoms with Gasteiger partial charge in [-0.1, -0.05) is 11.8 Å². The highest BCUT2D eigenvalue weighted by Crippen LogP contribution is 2.24. The van der Waals surface area contributed by atoms with Gasteiger partial charge in [-0.2, -0.15) is 0 Å². The smallest absolute Gasteiger partial charge is 0.221 e. The van der Waals surface area contributed by atoms with Crippen LogP contribution in [0.4, 0.5) is 5.69 Å². The monoisotopic (exact) mass is 381 g/mol. The number of amides is 1. The third kappa shape index (κ3) is 4.59. The minimum atomic E-state index is -0.145. The van der Waals surface area contributed by atoms with E-state index in [1.54, 1.807) is 36.7 Å². The first-order chi connectivity index (χ1) is 13.1. The van der Waals surface area contributed by atoms with E-state index in [0.717, 1.165) is 11.4 Å². The highest BCUT2D eigenvalue weighted by molar-refractivity contribution is 7.99. The van der Waals surface area contributed by atoms with E-state index in [1.165, 1.54) is 18.7 Å². The molecule has 3 rings (SSSR count). The number of anilines is 1. The van der Waals surface area contributed by atoms with Gasteiger partial charge in [-0.25, -0.2) is 0 Å². The molecule has 0 atom stereocenters. The molecule has 2 heterocycles. The molecule has 27 heavy (non-hydrogen) atoms. The molecule has 138 valence electrons. The molecule has 1 aromatic carbocycles. The average molecular weight is 381 g/mol. The SMILES string of the molecule is CCn1c(SCC(=O)c2ccc(NC(C)=O)cc2)nnc1-c1ccncc1. The van der Waals surface area contributed by atoms with Crippen molar-refractivity contribution < 1.29 is 9.59 Å². The summed E-state index contributed by atoms with van der Waals surface area (Å²) in [7, 11) is 0. The van der Waals surface area contributed by atoms with Gasteiger partial charge >= 0.3 is 0 Å². The quantitative estimate of drug-likeness (QED) is 0.499. The number of rotatable bonds is 7. The van der Waals surface area contributed by atoms with Gasteiger partial charge in [0.05, 0.1) is 5.75 Å². The van der Waals surface area contributed by atoms with E-state index in [0.29, 0.717) is 23.0 Å². The first kappa shape index (κ1) is 18.8. The number of Topliss-reactive ketones (excluding diaryl/α,β-unsaturated/α-hetero) is 1. The largest absolute Gasteiger partial charge is 0.326 e. The van der Waals surface area contributed by atoms with Gasteiger partial charge in [0.1, 0.15) is 0 Å². The Morgan fingerprint density at radius 1 is 1.07 bits per heavy atom. The third-order valence-electron chi connectivity index (χ3n) is 3.83. The number of hydrogen-bond acceptors (Lipinski definition) is 6. The zero-order valence-corrected chi connectivity index (χ0v) is 15.9. The van der Waals surface area contributed by atoms with E-state index in [9.17, 15) is 9.59 Å². The second-order valence-electron chi connectivity index (χ2n) is 5.76. The van der Waals surface area contributed by atoms with Crippen LogP contribution in [0.5, 0.6) is 0 Å². The van der Waals surface area contributed by atoms with Crippen LogP contribution in [0.25, 0.3) is 11.4 Å². The highest BCUT2D eigenvalue weighted by atomic mass is 32.2. The normalized spacial score (nSPS) is 10.6. The van der Waals surface area contributed by atoms with Gasteiger partial charge in [0, 0.05) is 42.7 Å². The van der Waals surface area contributed by atoms with E-state index in [1.807, 2.05) is 23.6 Å². The van der Waals surface area contributed by atoms with Gasteiger partial charge in [-0.15, -0.1) is 10.2 Å². The summed E-state index contributed by atoms with van der Waals surface area (Å²) >= 11 is 1.36. The molecule has 1 N–H and O–H groups in total. The lowest BCUT2D eigenvalue weighted by Crippen LogP contribution is -2.07. The first-order valence-corrected chi connectivity index (χ1v) is 9.44. The Labute approximate surface area is 161 Å². The van der Waals surface area contributed by atoms with Crippen molar-refractivity contribution in [3.8, 4) is 11.4 Å². The molecule has 0 aliphatic heterocycles. The molecule has 0 unspecified atom stereocenters. The van der Waals surface area contributed by atoms with E-state index >= 15 is 0 Å². The van der Waals surface area contributed by atoms with Crippen LogP contribution in [0, 0.1) is 0 Å². The van der Waals surface area contributed by atoms with E-state index in [-0.39, 0.29) is 17.4 Å². The van der Waals surface area contributed by atoms with E-state index < -0.39 is 0 Å². The summed E-state index contributed by atoms with van der Waals surface area (Å²) in [4.78, 5) is 27.5. The van der Waals surface area contributed by atoms with Gasteiger partial charge in [-0.3, -0.25) is 14.6 Å². The fourth-order valence-electron chi connectivity index (χ4n) is 2.55. The Balaban J connectivity index is 1.69. The first-order valence-electron chi connectivity index (χ1n) is 8.45. The molecule has 0 fully saturated rings. The number of thioether (sulfide) groups is 1. The molecule has 0 aliphatic carbocycles. The van der Waals surface area contributed by atoms with E-state index in [2.05, 4.69) is 20.5 Å². The summed E-state index contributed by atoms with van der Waals surface area (Å²) in [6.45, 7) is 4.16. The van der Waals surface area contributed by atoms with Gasteiger partial charge in [0.2, 0.25) is 5.91 Å². The Kier molecular flexibility index (Phi) is 5.97. The maximum Gasteiger partial charge on any atom is 0.221 e. The molecule has 8 heteroatoms. The summed E-state index contributed by atoms with van der Waals surface area (Å²) in [5.74, 6) is 0.863. The molecule has 0 saturated heterocycles. The van der Waals surface area contributed by atoms with Crippen molar-refractivity contribution in [2.45, 2.75) is 25.5 Å². The summed E-state index contributed by atoms with van der Waals surface area (Å²) in [6, 6.07) is 10.6. The molecule has 3 aromatic rings. The summed E-state index contributed by atoms with van der Waals surface area (Å²) in [5, 5.41) is 11.9. The fraction of sp³-hybridized carbons (Fsp3) is 0.211. The molecule has 0 bridgehead atoms. The molecule has 0 spiro atoms. The Hall–Kier alpha value is -3.00. The minimum absolute atomic E-state index is 0.00881. The zero-order valence-electron chi connectivity index (χ0n) is 15.0. The maximum absolute atomic E-state index is 12.5. The molecule has 7 nitrogen and oxygen atoms in total. The minimum Gasteiger partial charge on any atom is -0.326 e. The van der Waals surface area contributed by atoms with Crippen LogP contribution in [0.1, 0.15) is 24.2 Å². The van der Waals surface area contributed by atoms with Crippen LogP contribution in [0.3, 0.4) is 0 Å². The predicted molar refractivity (Wildman–Crippen MR) is 105 cm³/mol. The zero-order chi connectivity index (χ0) is 19.2. The number of nitrogens with zero attached hydrogens (tertiary/aromatic N) is 4. The topological polar surface area (TPSA) is 89.8 Å². The van der Waals surface area contributed by atoms with Crippen LogP contribution in [-0.4, -0.2) is 37.2 Å². The predicted octanol–water partition coefficient (Wildman–Crippen LogP) is 3.29. The van der Waals surface area contributed by atoms with E-state index in [4.69, 9.17) is 0 Å². The number of ketones is 1. The lowest BCUT2D eigenvalue weighted by Gasteiger charge is -2.07. The molecular weight excluding hydrogens is 362 g/mol. The van der Waals surface area contributed by atoms with Crippen molar-refractivity contribution in [1.29, 1.82) is 0 Å². The second kappa shape index (κ2) is 8.59. The van der Waals surface area contributed by atoms with Crippen molar-refractivity contribution >= 4 is 29.1 Å². The summed E-state index contributed by atoms with van der Waals surface area (Å²) < 4.78 is 1.98. The van der Waals surface area contributed by atoms with Crippen LogP contribution in [0.2, 0.25) is 0 Å². The molecule has 2 aromatic heterocycles. The number of pyridine rings is 1. The van der Waals surface area contributed by atoms with Crippen LogP contribution in [-0.2, 0) is 11.3 Å². The van der Waals surface area contributed by atoms with Gasteiger partial charge in [-0.05, 0) is 43.3 Å². The number of benzene rings is 1. The fourth-order valence-corrected chi connectivity index (χ4v) is 3.45. The molecule has 0 radical (unpaired) electrons. The third-order valence-corrected chi connectivity index (χ3v) is 4.80. The standard InChI is InChI=1S/C19H19N5O2S/c1-3-24-18(15-8-10-20-11-9-15)22-23-19(24)27-12-17(26)14-4-6-16(7-5-14)21-13(2)25/h4-11H,3,12H2,1-2H3,(H,21,25). The number of hydrogen-bond donors (Lipinski definition) is 1. The Morgan fingerprint density at radius 2 is 1.78 bits per heavy atom. The number of nitrogens with one attached hydrogen (secondary N) is 1. The molecule has 0 aliphatic rings. The highest BCUT2D eigenvalue weighted by Gasteiger charge is 2.15. The van der Waals surface area contributed by atoms with Crippen molar-refractivity contribution in [2.24, 2.45) is 0 Å². The lowest BCUT2D eigenvalue weighted by atomic mass is 10.1.